The van der Waals surface area contributed by atoms with Gasteiger partial charge in [0.2, 0.25) is 11.8 Å². The number of aromatic amines is 1. The number of nitrogens with one attached hydrogen (secondary N) is 3. The molecule has 10 nitrogen and oxygen atoms in total. The van der Waals surface area contributed by atoms with Crippen LogP contribution in [0, 0.1) is 5.92 Å². The van der Waals surface area contributed by atoms with Gasteiger partial charge in [0.05, 0.1) is 13.7 Å². The monoisotopic (exact) mass is 507 g/mol. The molecule has 2 heterocycles. The van der Waals surface area contributed by atoms with E-state index in [0.29, 0.717) is 18.9 Å². The number of pyridine rings is 1. The first-order valence-electron chi connectivity index (χ1n) is 12.1. The van der Waals surface area contributed by atoms with Gasteiger partial charge in [0, 0.05) is 22.8 Å². The predicted octanol–water partition coefficient (Wildman–Crippen LogP) is 3.06. The van der Waals surface area contributed by atoms with Crippen molar-refractivity contribution >= 4 is 34.5 Å². The predicted molar refractivity (Wildman–Crippen MR) is 142 cm³/mol. The van der Waals surface area contributed by atoms with E-state index < -0.39 is 23.9 Å². The highest BCUT2D eigenvalue weighted by atomic mass is 16.5. The average molecular weight is 508 g/mol. The molecule has 3 rings (SSSR count). The van der Waals surface area contributed by atoms with Gasteiger partial charge in [-0.3, -0.25) is 14.4 Å². The quantitative estimate of drug-likeness (QED) is 0.294. The first-order chi connectivity index (χ1) is 17.7. The Morgan fingerprint density at radius 1 is 1.19 bits per heavy atom. The molecule has 1 atom stereocenters. The van der Waals surface area contributed by atoms with E-state index in [-0.39, 0.29) is 17.7 Å². The molecule has 0 bridgehead atoms. The molecule has 0 radical (unpaired) electrons. The molecule has 0 fully saturated rings. The third kappa shape index (κ3) is 7.57. The summed E-state index contributed by atoms with van der Waals surface area (Å²) < 4.78 is 6.10. The maximum atomic E-state index is 13.1. The highest BCUT2D eigenvalue weighted by Crippen LogP contribution is 2.23. The van der Waals surface area contributed by atoms with E-state index in [4.69, 9.17) is 5.73 Å². The normalized spacial score (nSPS) is 12.1. The average Bonchev–Trinajstić information content (AvgIpc) is 3.26. The van der Waals surface area contributed by atoms with E-state index in [2.05, 4.69) is 46.3 Å². The lowest BCUT2D eigenvalue weighted by Crippen LogP contribution is -2.44. The van der Waals surface area contributed by atoms with Gasteiger partial charge in [-0.05, 0) is 61.1 Å². The number of benzene rings is 1. The zero-order chi connectivity index (χ0) is 26.9. The van der Waals surface area contributed by atoms with E-state index in [9.17, 15) is 19.2 Å². The molecule has 10 heteroatoms. The summed E-state index contributed by atoms with van der Waals surface area (Å²) in [5.74, 6) is -0.682. The second-order valence-electron chi connectivity index (χ2n) is 9.19. The van der Waals surface area contributed by atoms with Gasteiger partial charge >= 0.3 is 6.09 Å². The third-order valence-corrected chi connectivity index (χ3v) is 5.76. The number of H-pyrrole nitrogens is 1. The number of aromatic nitrogens is 2. The van der Waals surface area contributed by atoms with E-state index in [1.165, 1.54) is 35.5 Å². The fourth-order valence-electron chi connectivity index (χ4n) is 4.07. The molecule has 3 aromatic rings. The second-order valence-corrected chi connectivity index (χ2v) is 9.19. The van der Waals surface area contributed by atoms with Crippen molar-refractivity contribution in [3.63, 3.8) is 0 Å². The summed E-state index contributed by atoms with van der Waals surface area (Å²) in [6.45, 7) is 4.64. The van der Waals surface area contributed by atoms with Crippen molar-refractivity contribution < 1.29 is 19.1 Å². The van der Waals surface area contributed by atoms with Gasteiger partial charge < -0.3 is 30.7 Å². The summed E-state index contributed by atoms with van der Waals surface area (Å²) in [6, 6.07) is 10.4. The summed E-state index contributed by atoms with van der Waals surface area (Å²) in [5, 5.41) is 6.18. The van der Waals surface area contributed by atoms with Crippen LogP contribution in [0.3, 0.4) is 0 Å². The Labute approximate surface area is 214 Å². The van der Waals surface area contributed by atoms with Crippen molar-refractivity contribution in [3.8, 4) is 0 Å². The summed E-state index contributed by atoms with van der Waals surface area (Å²) in [6.07, 6.45) is 4.96. The van der Waals surface area contributed by atoms with Crippen LogP contribution in [0.5, 0.6) is 0 Å². The zero-order valence-electron chi connectivity index (χ0n) is 21.2. The minimum Gasteiger partial charge on any atom is -0.453 e. The molecule has 0 unspecified atom stereocenters. The Bertz CT molecular complexity index is 1350. The molecule has 0 aliphatic heterocycles. The van der Waals surface area contributed by atoms with Crippen LogP contribution in [0.15, 0.2) is 59.5 Å². The third-order valence-electron chi connectivity index (χ3n) is 5.76. The van der Waals surface area contributed by atoms with Gasteiger partial charge in [-0.1, -0.05) is 32.1 Å². The van der Waals surface area contributed by atoms with Crippen LogP contribution in [0.1, 0.15) is 37.9 Å². The molecule has 3 amide bonds. The largest absolute Gasteiger partial charge is 0.453 e. The molecule has 0 aliphatic carbocycles. The number of allylic oxidation sites excluding steroid dienone is 1. The van der Waals surface area contributed by atoms with Crippen LogP contribution in [0.25, 0.3) is 10.9 Å². The zero-order valence-corrected chi connectivity index (χ0v) is 21.2. The van der Waals surface area contributed by atoms with E-state index in [1.54, 1.807) is 12.3 Å². The number of carbonyl (C=O) groups excluding carboxylic acids is 3. The number of hydrogen-bond donors (Lipinski definition) is 4. The molecule has 37 heavy (non-hydrogen) atoms. The molecule has 2 aromatic heterocycles. The fraction of sp³-hybridized carbons (Fsp3) is 0.333. The Hall–Kier alpha value is -4.34. The fourth-order valence-corrected chi connectivity index (χ4v) is 4.07. The number of fused-ring (bicyclic) bond motifs is 1. The number of methoxy groups -OCH3 is 1. The van der Waals surface area contributed by atoms with Crippen molar-refractivity contribution in [3.05, 3.63) is 76.4 Å². The number of primary amides is 1. The number of nitrogens with zero attached hydrogens (tertiary/aromatic N) is 1. The van der Waals surface area contributed by atoms with Crippen LogP contribution in [0.4, 0.5) is 10.5 Å². The van der Waals surface area contributed by atoms with Gasteiger partial charge in [-0.15, -0.1) is 0 Å². The van der Waals surface area contributed by atoms with Gasteiger partial charge in [0.1, 0.15) is 11.7 Å². The molecule has 0 saturated heterocycles. The molecule has 0 aliphatic rings. The van der Waals surface area contributed by atoms with Crippen molar-refractivity contribution in [2.24, 2.45) is 11.7 Å². The summed E-state index contributed by atoms with van der Waals surface area (Å²) in [5.41, 5.74) is 7.88. The summed E-state index contributed by atoms with van der Waals surface area (Å²) in [4.78, 5) is 52.0. The lowest BCUT2D eigenvalue weighted by Gasteiger charge is -2.17. The second kappa shape index (κ2) is 12.6. The lowest BCUT2D eigenvalue weighted by molar-refractivity contribution is -0.118. The first-order valence-corrected chi connectivity index (χ1v) is 12.1. The summed E-state index contributed by atoms with van der Waals surface area (Å²) in [7, 11) is 1.18. The highest BCUT2D eigenvalue weighted by molar-refractivity contribution is 5.96. The standard InChI is InChI=1S/C27H33N5O5/c1-17(2)14-18-8-6-10-21-20(18)15-19(29-21)16-32-13-7-11-23(26(32)35)30-25(34)22(31-27(36)37-3)9-4-5-12-24(28)33/h5-8,10-13,15,17,22,29H,4,9,14,16H2,1-3H3,(H2,28,33)(H,30,34)(H,31,36)/b12-5+/t22-/m0/s1. The number of anilines is 1. The van der Waals surface area contributed by atoms with E-state index in [0.717, 1.165) is 23.0 Å². The number of alkyl carbamates (subject to hydrolysis) is 1. The number of hydrogen-bond acceptors (Lipinski definition) is 5. The number of amides is 3. The van der Waals surface area contributed by atoms with Gasteiger partial charge in [-0.2, -0.15) is 0 Å². The van der Waals surface area contributed by atoms with Gasteiger partial charge in [0.15, 0.2) is 0 Å². The molecule has 1 aromatic carbocycles. The van der Waals surface area contributed by atoms with E-state index in [1.807, 2.05) is 12.1 Å². The molecule has 196 valence electrons. The topological polar surface area (TPSA) is 148 Å². The van der Waals surface area contributed by atoms with Crippen molar-refractivity contribution in [2.45, 2.75) is 45.7 Å². The van der Waals surface area contributed by atoms with E-state index >= 15 is 0 Å². The van der Waals surface area contributed by atoms with Crippen LogP contribution in [0.2, 0.25) is 0 Å². The number of nitrogens with two attached hydrogens (primary N) is 1. The van der Waals surface area contributed by atoms with Crippen molar-refractivity contribution in [1.82, 2.24) is 14.9 Å². The van der Waals surface area contributed by atoms with Gasteiger partial charge in [-0.25, -0.2) is 4.79 Å². The molecule has 5 N–H and O–H groups in total. The number of carbonyl (C=O) groups is 3. The van der Waals surface area contributed by atoms with Crippen LogP contribution in [-0.2, 0) is 27.3 Å². The first kappa shape index (κ1) is 27.3. The maximum Gasteiger partial charge on any atom is 0.407 e. The van der Waals surface area contributed by atoms with Crippen molar-refractivity contribution in [1.29, 1.82) is 0 Å². The molecule has 0 spiro atoms. The summed E-state index contributed by atoms with van der Waals surface area (Å²) >= 11 is 0. The Balaban J connectivity index is 1.78. The van der Waals surface area contributed by atoms with Gasteiger partial charge in [0.25, 0.3) is 5.56 Å². The minimum atomic E-state index is -0.994. The van der Waals surface area contributed by atoms with Crippen LogP contribution in [-0.4, -0.2) is 40.6 Å². The lowest BCUT2D eigenvalue weighted by atomic mass is 10.00. The van der Waals surface area contributed by atoms with Crippen molar-refractivity contribution in [2.75, 3.05) is 12.4 Å². The maximum absolute atomic E-state index is 13.1. The Kier molecular flexibility index (Phi) is 9.26. The number of ether oxygens (including phenoxy) is 1. The minimum absolute atomic E-state index is 0.0773. The smallest absolute Gasteiger partial charge is 0.407 e. The SMILES string of the molecule is COC(=O)N[C@@H](CC/C=C/C(N)=O)C(=O)Nc1cccn(Cc2cc3c(CC(C)C)cccc3[nH]2)c1=O. The molecular formula is C27H33N5O5. The van der Waals surface area contributed by atoms with Crippen LogP contribution < -0.4 is 21.9 Å². The van der Waals surface area contributed by atoms with Crippen LogP contribution >= 0.6 is 0 Å². The highest BCUT2D eigenvalue weighted by Gasteiger charge is 2.22. The number of rotatable bonds is 11. The Morgan fingerprint density at radius 3 is 2.68 bits per heavy atom. The Morgan fingerprint density at radius 2 is 1.97 bits per heavy atom. The molecule has 0 saturated carbocycles. The molecular weight excluding hydrogens is 474 g/mol.